The maximum absolute atomic E-state index is 13.5. The number of carbonyl (C=O) groups is 1. The van der Waals surface area contributed by atoms with Crippen LogP contribution in [-0.4, -0.2) is 16.8 Å². The number of carbonyl (C=O) groups excluding carboxylic acids is 1. The van der Waals surface area contributed by atoms with Crippen LogP contribution in [0.2, 0.25) is 0 Å². The van der Waals surface area contributed by atoms with Gasteiger partial charge in [0.05, 0.1) is 5.69 Å². The first-order valence-corrected chi connectivity index (χ1v) is 6.95. The van der Waals surface area contributed by atoms with Gasteiger partial charge in [-0.2, -0.15) is 0 Å². The first-order chi connectivity index (χ1) is 8.74. The summed E-state index contributed by atoms with van der Waals surface area (Å²) in [5, 5.41) is -0.621. The van der Waals surface area contributed by atoms with E-state index in [1.807, 2.05) is 13.8 Å². The molecule has 1 aliphatic rings. The van der Waals surface area contributed by atoms with E-state index in [2.05, 4.69) is 6.92 Å². The highest BCUT2D eigenvalue weighted by Gasteiger charge is 2.41. The number of benzene rings is 1. The van der Waals surface area contributed by atoms with Gasteiger partial charge in [-0.25, -0.2) is 4.39 Å². The van der Waals surface area contributed by atoms with Crippen molar-refractivity contribution in [2.75, 3.05) is 4.90 Å². The number of anilines is 1. The number of hydrogen-bond donors (Lipinski definition) is 0. The van der Waals surface area contributed by atoms with Crippen molar-refractivity contribution in [2.24, 2.45) is 0 Å². The van der Waals surface area contributed by atoms with Crippen LogP contribution in [0.25, 0.3) is 0 Å². The van der Waals surface area contributed by atoms with Crippen LogP contribution >= 0.6 is 11.6 Å². The SMILES string of the molecule is C[C@@H](Cl)C(=O)N1c2cc(F)ccc2[C@@H](C)CC1(C)C. The zero-order chi connectivity index (χ0) is 14.4. The third-order valence-electron chi connectivity index (χ3n) is 3.74. The van der Waals surface area contributed by atoms with E-state index in [4.69, 9.17) is 11.6 Å². The van der Waals surface area contributed by atoms with Crippen molar-refractivity contribution in [1.82, 2.24) is 0 Å². The molecule has 2 atom stereocenters. The van der Waals surface area contributed by atoms with Crippen LogP contribution in [0.1, 0.15) is 45.6 Å². The smallest absolute Gasteiger partial charge is 0.245 e. The molecule has 104 valence electrons. The van der Waals surface area contributed by atoms with Crippen molar-refractivity contribution < 1.29 is 9.18 Å². The highest BCUT2D eigenvalue weighted by molar-refractivity contribution is 6.32. The highest BCUT2D eigenvalue weighted by atomic mass is 35.5. The summed E-state index contributed by atoms with van der Waals surface area (Å²) in [6, 6.07) is 4.65. The number of halogens is 2. The molecular weight excluding hydrogens is 265 g/mol. The molecule has 0 aliphatic carbocycles. The zero-order valence-corrected chi connectivity index (χ0v) is 12.5. The number of alkyl halides is 1. The Bertz CT molecular complexity index is 513. The molecule has 0 saturated heterocycles. The van der Waals surface area contributed by atoms with Gasteiger partial charge in [-0.05, 0) is 50.8 Å². The molecule has 2 nitrogen and oxygen atoms in total. The molecule has 0 unspecified atom stereocenters. The minimum Gasteiger partial charge on any atom is -0.305 e. The Kier molecular flexibility index (Phi) is 3.61. The number of fused-ring (bicyclic) bond motifs is 1. The third-order valence-corrected chi connectivity index (χ3v) is 3.92. The Morgan fingerprint density at radius 2 is 2.16 bits per heavy atom. The summed E-state index contributed by atoms with van der Waals surface area (Å²) in [6.07, 6.45) is 0.834. The van der Waals surface area contributed by atoms with Gasteiger partial charge in [-0.3, -0.25) is 4.79 Å². The second-order valence-electron chi connectivity index (χ2n) is 5.91. The van der Waals surface area contributed by atoms with Crippen molar-refractivity contribution in [1.29, 1.82) is 0 Å². The summed E-state index contributed by atoms with van der Waals surface area (Å²) >= 11 is 5.95. The van der Waals surface area contributed by atoms with Crippen molar-refractivity contribution in [3.8, 4) is 0 Å². The largest absolute Gasteiger partial charge is 0.305 e. The predicted octanol–water partition coefficient (Wildman–Crippen LogP) is 4.07. The van der Waals surface area contributed by atoms with Gasteiger partial charge in [0.25, 0.3) is 0 Å². The van der Waals surface area contributed by atoms with E-state index in [0.29, 0.717) is 11.6 Å². The molecule has 2 rings (SSSR count). The van der Waals surface area contributed by atoms with Gasteiger partial charge in [-0.1, -0.05) is 13.0 Å². The van der Waals surface area contributed by atoms with Crippen molar-refractivity contribution >= 4 is 23.2 Å². The molecule has 1 aromatic rings. The lowest BCUT2D eigenvalue weighted by Crippen LogP contribution is -2.53. The maximum atomic E-state index is 13.5. The Morgan fingerprint density at radius 3 is 2.74 bits per heavy atom. The fourth-order valence-electron chi connectivity index (χ4n) is 3.00. The van der Waals surface area contributed by atoms with E-state index < -0.39 is 5.38 Å². The summed E-state index contributed by atoms with van der Waals surface area (Å²) in [5.74, 6) is -0.214. The van der Waals surface area contributed by atoms with E-state index in [9.17, 15) is 9.18 Å². The zero-order valence-electron chi connectivity index (χ0n) is 11.7. The molecule has 1 aliphatic heterocycles. The lowest BCUT2D eigenvalue weighted by molar-refractivity contribution is -0.119. The lowest BCUT2D eigenvalue weighted by Gasteiger charge is -2.46. The molecule has 0 fully saturated rings. The molecule has 0 N–H and O–H groups in total. The average molecular weight is 284 g/mol. The van der Waals surface area contributed by atoms with Crippen molar-refractivity contribution in [2.45, 2.75) is 50.9 Å². The monoisotopic (exact) mass is 283 g/mol. The molecule has 0 radical (unpaired) electrons. The van der Waals surface area contributed by atoms with E-state index in [0.717, 1.165) is 12.0 Å². The Hall–Kier alpha value is -1.09. The molecule has 1 amide bonds. The Balaban J connectivity index is 2.60. The standard InChI is InChI=1S/C15H19ClFNO/c1-9-8-15(3,4)18(14(19)10(2)16)13-7-11(17)5-6-12(9)13/h5-7,9-10H,8H2,1-4H3/t9-,10+/m0/s1. The van der Waals surface area contributed by atoms with Gasteiger partial charge in [0.1, 0.15) is 11.2 Å². The fourth-order valence-corrected chi connectivity index (χ4v) is 3.10. The van der Waals surface area contributed by atoms with E-state index in [-0.39, 0.29) is 17.3 Å². The molecule has 1 aromatic carbocycles. The van der Waals surface area contributed by atoms with Crippen molar-refractivity contribution in [3.05, 3.63) is 29.6 Å². The van der Waals surface area contributed by atoms with Crippen LogP contribution in [0.3, 0.4) is 0 Å². The molecule has 0 spiro atoms. The molecule has 0 aromatic heterocycles. The second kappa shape index (κ2) is 4.78. The third kappa shape index (κ3) is 2.48. The van der Waals surface area contributed by atoms with Crippen LogP contribution in [0.4, 0.5) is 10.1 Å². The molecular formula is C15H19ClFNO. The van der Waals surface area contributed by atoms with Crippen LogP contribution in [0.5, 0.6) is 0 Å². The van der Waals surface area contributed by atoms with Gasteiger partial charge in [-0.15, -0.1) is 11.6 Å². The topological polar surface area (TPSA) is 20.3 Å². The van der Waals surface area contributed by atoms with Crippen LogP contribution in [0.15, 0.2) is 18.2 Å². The van der Waals surface area contributed by atoms with Gasteiger partial charge >= 0.3 is 0 Å². The van der Waals surface area contributed by atoms with Gasteiger partial charge in [0, 0.05) is 5.54 Å². The van der Waals surface area contributed by atoms with E-state index in [1.54, 1.807) is 17.9 Å². The quantitative estimate of drug-likeness (QED) is 0.712. The van der Waals surface area contributed by atoms with Crippen molar-refractivity contribution in [3.63, 3.8) is 0 Å². The summed E-state index contributed by atoms with van der Waals surface area (Å²) < 4.78 is 13.5. The fraction of sp³-hybridized carbons (Fsp3) is 0.533. The van der Waals surface area contributed by atoms with E-state index >= 15 is 0 Å². The first-order valence-electron chi connectivity index (χ1n) is 6.51. The van der Waals surface area contributed by atoms with Gasteiger partial charge in [0.15, 0.2) is 0 Å². The van der Waals surface area contributed by atoms with E-state index in [1.165, 1.54) is 12.1 Å². The minimum absolute atomic E-state index is 0.176. The summed E-state index contributed by atoms with van der Waals surface area (Å²) in [6.45, 7) is 7.74. The minimum atomic E-state index is -0.621. The van der Waals surface area contributed by atoms with Crippen LogP contribution in [0, 0.1) is 5.82 Å². The molecule has 4 heteroatoms. The number of rotatable bonds is 1. The summed E-state index contributed by atoms with van der Waals surface area (Å²) in [5.41, 5.74) is 1.30. The van der Waals surface area contributed by atoms with Crippen LogP contribution < -0.4 is 4.90 Å². The van der Waals surface area contributed by atoms with Gasteiger partial charge < -0.3 is 4.90 Å². The molecule has 19 heavy (non-hydrogen) atoms. The van der Waals surface area contributed by atoms with Gasteiger partial charge in [0.2, 0.25) is 5.91 Å². The molecule has 1 heterocycles. The summed E-state index contributed by atoms with van der Waals surface area (Å²) in [4.78, 5) is 14.0. The highest BCUT2D eigenvalue weighted by Crippen LogP contribution is 2.43. The number of amides is 1. The Morgan fingerprint density at radius 1 is 1.53 bits per heavy atom. The maximum Gasteiger partial charge on any atom is 0.245 e. The average Bonchev–Trinajstić information content (AvgIpc) is 2.26. The Labute approximate surface area is 118 Å². The molecule has 0 saturated carbocycles. The normalized spacial score (nSPS) is 22.8. The predicted molar refractivity (Wildman–Crippen MR) is 76.3 cm³/mol. The van der Waals surface area contributed by atoms with Crippen LogP contribution in [-0.2, 0) is 4.79 Å². The number of nitrogens with zero attached hydrogens (tertiary/aromatic N) is 1. The lowest BCUT2D eigenvalue weighted by atomic mass is 9.80. The molecule has 0 bridgehead atoms. The summed E-state index contributed by atoms with van der Waals surface area (Å²) in [7, 11) is 0. The number of hydrogen-bond acceptors (Lipinski definition) is 1. The first kappa shape index (κ1) is 14.3. The second-order valence-corrected chi connectivity index (χ2v) is 6.57.